The Morgan fingerprint density at radius 2 is 1.88 bits per heavy atom. The van der Waals surface area contributed by atoms with Crippen molar-refractivity contribution >= 4 is 23.9 Å². The molecule has 1 atom stereocenters. The minimum Gasteiger partial charge on any atom is -0.507 e. The van der Waals surface area contributed by atoms with E-state index in [0.717, 1.165) is 5.56 Å². The van der Waals surface area contributed by atoms with E-state index in [9.17, 15) is 24.6 Å². The molecule has 2 heterocycles. The van der Waals surface area contributed by atoms with Gasteiger partial charge in [-0.25, -0.2) is 9.59 Å². The first kappa shape index (κ1) is 20.7. The molecule has 0 aliphatic carbocycles. The standard InChI is InChI=1S/C23H20N4O5/c1-26-9-10-27(12-16(26)13-28)21-19(14-5-3-2-4-6-14)20(24-23(32)25-21)15-7-8-17(22(30)31)18(29)11-15/h2-13,20,29H,1H3,(H,30,31)(H2,24,25,32). The molecule has 0 fully saturated rings. The number of phenols is 1. The number of aromatic carboxylic acids is 1. The van der Waals surface area contributed by atoms with Crippen molar-refractivity contribution in [3.05, 3.63) is 95.3 Å². The molecule has 0 aromatic heterocycles. The Labute approximate surface area is 183 Å². The van der Waals surface area contributed by atoms with Crippen LogP contribution in [0.5, 0.6) is 5.75 Å². The van der Waals surface area contributed by atoms with Crippen molar-refractivity contribution in [3.63, 3.8) is 0 Å². The number of nitrogens with zero attached hydrogens (tertiary/aromatic N) is 2. The second kappa shape index (κ2) is 8.31. The second-order valence-electron chi connectivity index (χ2n) is 7.23. The molecule has 2 aromatic carbocycles. The molecule has 0 saturated carbocycles. The van der Waals surface area contributed by atoms with E-state index in [1.807, 2.05) is 30.3 Å². The third-order valence-corrected chi connectivity index (χ3v) is 5.23. The molecule has 2 amide bonds. The van der Waals surface area contributed by atoms with Crippen molar-refractivity contribution in [3.8, 4) is 5.75 Å². The highest BCUT2D eigenvalue weighted by molar-refractivity contribution is 5.92. The number of carbonyl (C=O) groups excluding carboxylic acids is 2. The lowest BCUT2D eigenvalue weighted by molar-refractivity contribution is -0.105. The summed E-state index contributed by atoms with van der Waals surface area (Å²) in [6, 6.07) is 12.3. The van der Waals surface area contributed by atoms with Gasteiger partial charge in [0.25, 0.3) is 0 Å². The lowest BCUT2D eigenvalue weighted by Gasteiger charge is -2.36. The molecule has 9 nitrogen and oxygen atoms in total. The number of rotatable bonds is 5. The smallest absolute Gasteiger partial charge is 0.339 e. The summed E-state index contributed by atoms with van der Waals surface area (Å²) in [6.07, 6.45) is 5.70. The van der Waals surface area contributed by atoms with Crippen LogP contribution < -0.4 is 10.6 Å². The molecule has 9 heteroatoms. The third-order valence-electron chi connectivity index (χ3n) is 5.23. The SMILES string of the molecule is CN1C=CN(C2=C(c3ccccc3)C(c3ccc(C(=O)O)c(O)c3)NC(=O)N2)C=C1C=O. The molecular weight excluding hydrogens is 412 g/mol. The van der Waals surface area contributed by atoms with Crippen molar-refractivity contribution < 1.29 is 24.6 Å². The minimum atomic E-state index is -1.25. The molecule has 2 aromatic rings. The largest absolute Gasteiger partial charge is 0.507 e. The number of carboxylic acids is 1. The maximum Gasteiger partial charge on any atom is 0.339 e. The van der Waals surface area contributed by atoms with Crippen molar-refractivity contribution in [2.24, 2.45) is 0 Å². The molecule has 0 saturated heterocycles. The fourth-order valence-electron chi connectivity index (χ4n) is 3.62. The fourth-order valence-corrected chi connectivity index (χ4v) is 3.62. The van der Waals surface area contributed by atoms with E-state index in [1.165, 1.54) is 12.1 Å². The van der Waals surface area contributed by atoms with E-state index < -0.39 is 23.8 Å². The van der Waals surface area contributed by atoms with Crippen LogP contribution >= 0.6 is 0 Å². The molecule has 2 aliphatic rings. The van der Waals surface area contributed by atoms with E-state index in [0.29, 0.717) is 28.9 Å². The minimum absolute atomic E-state index is 0.236. The number of amides is 2. The molecule has 4 N–H and O–H groups in total. The summed E-state index contributed by atoms with van der Waals surface area (Å²) in [5.41, 5.74) is 2.11. The van der Waals surface area contributed by atoms with Gasteiger partial charge >= 0.3 is 12.0 Å². The monoisotopic (exact) mass is 432 g/mol. The Morgan fingerprint density at radius 1 is 1.12 bits per heavy atom. The third kappa shape index (κ3) is 3.79. The van der Waals surface area contributed by atoms with Gasteiger partial charge in [0.05, 0.1) is 11.7 Å². The molecule has 0 radical (unpaired) electrons. The molecule has 1 unspecified atom stereocenters. The zero-order valence-corrected chi connectivity index (χ0v) is 17.0. The highest BCUT2D eigenvalue weighted by atomic mass is 16.4. The molecule has 162 valence electrons. The molecule has 4 rings (SSSR count). The van der Waals surface area contributed by atoms with Crippen molar-refractivity contribution in [1.82, 2.24) is 20.4 Å². The van der Waals surface area contributed by atoms with E-state index >= 15 is 0 Å². The van der Waals surface area contributed by atoms with Crippen molar-refractivity contribution in [2.45, 2.75) is 6.04 Å². The van der Waals surface area contributed by atoms with E-state index in [2.05, 4.69) is 10.6 Å². The predicted octanol–water partition coefficient (Wildman–Crippen LogP) is 2.57. The number of likely N-dealkylation sites (N-methyl/N-ethyl adjacent to an activating group) is 1. The van der Waals surface area contributed by atoms with Crippen LogP contribution in [0.25, 0.3) is 5.57 Å². The van der Waals surface area contributed by atoms with Crippen LogP contribution in [0.2, 0.25) is 0 Å². The predicted molar refractivity (Wildman–Crippen MR) is 116 cm³/mol. The van der Waals surface area contributed by atoms with Gasteiger partial charge in [0.15, 0.2) is 6.29 Å². The maximum absolute atomic E-state index is 12.6. The zero-order chi connectivity index (χ0) is 22.8. The van der Waals surface area contributed by atoms with Crippen molar-refractivity contribution in [2.75, 3.05) is 7.05 Å². The highest BCUT2D eigenvalue weighted by Gasteiger charge is 2.32. The Kier molecular flexibility index (Phi) is 5.38. The Balaban J connectivity index is 1.90. The molecule has 0 bridgehead atoms. The van der Waals surface area contributed by atoms with Gasteiger partial charge in [-0.1, -0.05) is 36.4 Å². The number of carboxylic acid groups (broad SMARTS) is 1. The average Bonchev–Trinajstić information content (AvgIpc) is 2.79. The molecule has 0 spiro atoms. The Bertz CT molecular complexity index is 1190. The van der Waals surface area contributed by atoms with Crippen LogP contribution in [0.1, 0.15) is 27.5 Å². The lowest BCUT2D eigenvalue weighted by atomic mass is 9.90. The quantitative estimate of drug-likeness (QED) is 0.536. The summed E-state index contributed by atoms with van der Waals surface area (Å²) >= 11 is 0. The van der Waals surface area contributed by atoms with Crippen LogP contribution in [0.15, 0.2) is 78.6 Å². The number of allylic oxidation sites excluding steroid dienone is 1. The van der Waals surface area contributed by atoms with Crippen LogP contribution in [0.3, 0.4) is 0 Å². The number of hydrogen-bond donors (Lipinski definition) is 4. The first-order valence-electron chi connectivity index (χ1n) is 9.69. The van der Waals surface area contributed by atoms with Crippen molar-refractivity contribution in [1.29, 1.82) is 0 Å². The number of carbonyl (C=O) groups is 3. The summed E-state index contributed by atoms with van der Waals surface area (Å²) in [6.45, 7) is 0. The van der Waals surface area contributed by atoms with Gasteiger partial charge in [0, 0.05) is 31.2 Å². The summed E-state index contributed by atoms with van der Waals surface area (Å²) < 4.78 is 0. The molecule has 32 heavy (non-hydrogen) atoms. The Morgan fingerprint density at radius 3 is 2.53 bits per heavy atom. The van der Waals surface area contributed by atoms with Crippen LogP contribution in [-0.2, 0) is 4.79 Å². The lowest BCUT2D eigenvalue weighted by Crippen LogP contribution is -2.47. The molecule has 2 aliphatic heterocycles. The number of hydrogen-bond acceptors (Lipinski definition) is 6. The summed E-state index contributed by atoms with van der Waals surface area (Å²) in [7, 11) is 1.73. The topological polar surface area (TPSA) is 122 Å². The number of benzene rings is 2. The Hall–Kier alpha value is -4.53. The summed E-state index contributed by atoms with van der Waals surface area (Å²) in [5.74, 6) is -1.23. The average molecular weight is 432 g/mol. The maximum atomic E-state index is 12.6. The number of urea groups is 1. The van der Waals surface area contributed by atoms with Gasteiger partial charge in [-0.15, -0.1) is 0 Å². The first-order chi connectivity index (χ1) is 15.4. The number of nitrogens with one attached hydrogen (secondary N) is 2. The zero-order valence-electron chi connectivity index (χ0n) is 17.0. The second-order valence-corrected chi connectivity index (χ2v) is 7.23. The number of aromatic hydroxyl groups is 1. The first-order valence-corrected chi connectivity index (χ1v) is 9.69. The van der Waals surface area contributed by atoms with E-state index in [1.54, 1.807) is 41.5 Å². The summed E-state index contributed by atoms with van der Waals surface area (Å²) in [4.78, 5) is 38.6. The number of aldehydes is 1. The van der Waals surface area contributed by atoms with Gasteiger partial charge in [0.2, 0.25) is 0 Å². The van der Waals surface area contributed by atoms with E-state index in [4.69, 9.17) is 0 Å². The van der Waals surface area contributed by atoms with Gasteiger partial charge in [-0.2, -0.15) is 0 Å². The normalized spacial score (nSPS) is 18.1. The van der Waals surface area contributed by atoms with Gasteiger partial charge < -0.3 is 25.3 Å². The van der Waals surface area contributed by atoms with Gasteiger partial charge in [-0.05, 0) is 23.3 Å². The van der Waals surface area contributed by atoms with Crippen LogP contribution in [0.4, 0.5) is 4.79 Å². The van der Waals surface area contributed by atoms with E-state index in [-0.39, 0.29) is 5.56 Å². The van der Waals surface area contributed by atoms with Crippen LogP contribution in [-0.4, -0.2) is 45.3 Å². The molecular formula is C23H20N4O5. The van der Waals surface area contributed by atoms with Gasteiger partial charge in [-0.3, -0.25) is 10.1 Å². The van der Waals surface area contributed by atoms with Crippen LogP contribution in [0, 0.1) is 0 Å². The van der Waals surface area contributed by atoms with Gasteiger partial charge in [0.1, 0.15) is 17.1 Å². The summed E-state index contributed by atoms with van der Waals surface area (Å²) in [5, 5.41) is 25.1. The highest BCUT2D eigenvalue weighted by Crippen LogP contribution is 2.37. The fraction of sp³-hybridized carbons (Fsp3) is 0.0870.